The summed E-state index contributed by atoms with van der Waals surface area (Å²) >= 11 is 1.42. The van der Waals surface area contributed by atoms with Crippen molar-refractivity contribution in [3.63, 3.8) is 0 Å². The molecule has 3 aliphatic heterocycles. The predicted octanol–water partition coefficient (Wildman–Crippen LogP) is 2.56. The van der Waals surface area contributed by atoms with Crippen molar-refractivity contribution in [2.75, 3.05) is 44.1 Å². The fourth-order valence-electron chi connectivity index (χ4n) is 5.09. The highest BCUT2D eigenvalue weighted by molar-refractivity contribution is 8.16. The van der Waals surface area contributed by atoms with Crippen LogP contribution in [-0.4, -0.2) is 65.3 Å². The number of thioether (sulfide) groups is 1. The van der Waals surface area contributed by atoms with E-state index in [1.807, 2.05) is 54.6 Å². The first-order valence-electron chi connectivity index (χ1n) is 10.4. The Morgan fingerprint density at radius 1 is 0.968 bits per heavy atom. The van der Waals surface area contributed by atoms with E-state index in [4.69, 9.17) is 0 Å². The number of para-hydroxylation sites is 2. The van der Waals surface area contributed by atoms with Crippen LogP contribution in [0.5, 0.6) is 0 Å². The number of fused-ring (bicyclic) bond motifs is 3. The summed E-state index contributed by atoms with van der Waals surface area (Å²) in [5, 5.41) is 5.12. The molecule has 2 amide bonds. The molecule has 0 saturated carbocycles. The van der Waals surface area contributed by atoms with Gasteiger partial charge in [-0.25, -0.2) is 0 Å². The van der Waals surface area contributed by atoms with E-state index in [0.717, 1.165) is 23.5 Å². The summed E-state index contributed by atoms with van der Waals surface area (Å²) in [6.45, 7) is 3.88. The smallest absolute Gasteiger partial charge is 0.247 e. The molecular weight excluding hydrogens is 410 g/mol. The van der Waals surface area contributed by atoms with Gasteiger partial charge in [-0.05, 0) is 30.3 Å². The predicted molar refractivity (Wildman–Crippen MR) is 124 cm³/mol. The summed E-state index contributed by atoms with van der Waals surface area (Å²) in [7, 11) is 3.55. The van der Waals surface area contributed by atoms with E-state index >= 15 is 0 Å². The number of nitrogens with one attached hydrogen (secondary N) is 1. The molecule has 0 bridgehead atoms. The molecule has 2 atom stereocenters. The number of amides is 2. The van der Waals surface area contributed by atoms with Crippen LogP contribution in [0.2, 0.25) is 0 Å². The Balaban J connectivity index is 1.62. The van der Waals surface area contributed by atoms with Crippen LogP contribution < -0.4 is 10.3 Å². The van der Waals surface area contributed by atoms with Crippen molar-refractivity contribution in [3.8, 4) is 0 Å². The number of rotatable bonds is 3. The van der Waals surface area contributed by atoms with Gasteiger partial charge in [0.05, 0.1) is 5.69 Å². The van der Waals surface area contributed by atoms with Crippen LogP contribution in [0, 0.1) is 0 Å². The van der Waals surface area contributed by atoms with Crippen molar-refractivity contribution in [3.05, 3.63) is 60.2 Å². The highest BCUT2D eigenvalue weighted by atomic mass is 32.2. The average Bonchev–Trinajstić information content (AvgIpc) is 3.35. The van der Waals surface area contributed by atoms with Gasteiger partial charge in [-0.1, -0.05) is 55.1 Å². The maximum Gasteiger partial charge on any atom is 0.247 e. The summed E-state index contributed by atoms with van der Waals surface area (Å²) in [4.78, 5) is 33.2. The van der Waals surface area contributed by atoms with Gasteiger partial charge in [0, 0.05) is 32.9 Å². The Morgan fingerprint density at radius 2 is 1.68 bits per heavy atom. The molecule has 3 heterocycles. The fraction of sp³-hybridized carbons (Fsp3) is 0.348. The lowest BCUT2D eigenvalue weighted by Gasteiger charge is -2.35. The largest absolute Gasteiger partial charge is 0.314 e. The van der Waals surface area contributed by atoms with Crippen molar-refractivity contribution in [1.29, 1.82) is 0 Å². The first kappa shape index (κ1) is 20.1. The number of likely N-dealkylation sites (tertiary alicyclic amines) is 1. The molecule has 3 aliphatic rings. The van der Waals surface area contributed by atoms with E-state index in [9.17, 15) is 9.59 Å². The fourth-order valence-corrected chi connectivity index (χ4v) is 6.62. The van der Waals surface area contributed by atoms with Crippen LogP contribution in [0.3, 0.4) is 0 Å². The van der Waals surface area contributed by atoms with E-state index in [2.05, 4.69) is 22.4 Å². The molecule has 160 valence electrons. The lowest BCUT2D eigenvalue weighted by Crippen LogP contribution is -2.58. The van der Waals surface area contributed by atoms with E-state index in [-0.39, 0.29) is 11.8 Å². The number of nitrogens with zero attached hydrogens (tertiary/aromatic N) is 4. The molecule has 0 aliphatic carbocycles. The number of likely N-dealkylation sites (N-methyl/N-ethyl adjacent to an activating group) is 2. The molecule has 2 unspecified atom stereocenters. The molecule has 2 fully saturated rings. The minimum absolute atomic E-state index is 0.0174. The van der Waals surface area contributed by atoms with Gasteiger partial charge in [-0.3, -0.25) is 19.9 Å². The van der Waals surface area contributed by atoms with Gasteiger partial charge >= 0.3 is 0 Å². The molecule has 8 heteroatoms. The van der Waals surface area contributed by atoms with Gasteiger partial charge in [0.15, 0.2) is 5.17 Å². The molecule has 2 aromatic rings. The summed E-state index contributed by atoms with van der Waals surface area (Å²) in [5.74, 6) is -0.0864. The molecule has 0 radical (unpaired) electrons. The molecule has 1 N–H and O–H groups in total. The van der Waals surface area contributed by atoms with E-state index in [1.165, 1.54) is 11.8 Å². The van der Waals surface area contributed by atoms with E-state index in [1.54, 1.807) is 23.9 Å². The number of hydrazone groups is 1. The standard InChI is InChI=1S/C23H25N5O2S/c1-4-28-14-22(17-12-8-9-13-18(17)26(2)19(22)29)23(15-28)20(30)27(3)21(31-23)25-24-16-10-6-5-7-11-16/h5-13,24H,4,14-15H2,1-3H3/b25-21-. The number of hydrogen-bond acceptors (Lipinski definition) is 6. The third-order valence-electron chi connectivity index (χ3n) is 6.70. The second kappa shape index (κ2) is 7.10. The van der Waals surface area contributed by atoms with E-state index in [0.29, 0.717) is 18.3 Å². The molecule has 0 aromatic heterocycles. The molecule has 2 saturated heterocycles. The monoisotopic (exact) mass is 435 g/mol. The number of carbonyl (C=O) groups excluding carboxylic acids is 2. The maximum atomic E-state index is 13.8. The van der Waals surface area contributed by atoms with Crippen molar-refractivity contribution in [2.45, 2.75) is 17.1 Å². The zero-order valence-electron chi connectivity index (χ0n) is 17.8. The number of benzene rings is 2. The highest BCUT2D eigenvalue weighted by Gasteiger charge is 2.74. The SMILES string of the molecule is CCN1CC2(S/C(=N\Nc3ccccc3)N(C)C2=O)C2(C1)C(=O)N(C)c1ccccc12. The average molecular weight is 436 g/mol. The normalized spacial score (nSPS) is 29.1. The van der Waals surface area contributed by atoms with Crippen LogP contribution >= 0.6 is 11.8 Å². The number of carbonyl (C=O) groups is 2. The molecule has 5 rings (SSSR count). The maximum absolute atomic E-state index is 13.8. The molecule has 7 nitrogen and oxygen atoms in total. The second-order valence-electron chi connectivity index (χ2n) is 8.26. The summed E-state index contributed by atoms with van der Waals surface area (Å²) in [6.07, 6.45) is 0. The molecule has 31 heavy (non-hydrogen) atoms. The first-order valence-corrected chi connectivity index (χ1v) is 11.2. The topological polar surface area (TPSA) is 68.2 Å². The van der Waals surface area contributed by atoms with Crippen LogP contribution in [0.1, 0.15) is 12.5 Å². The minimum atomic E-state index is -0.951. The van der Waals surface area contributed by atoms with Gasteiger partial charge in [0.1, 0.15) is 10.2 Å². The highest BCUT2D eigenvalue weighted by Crippen LogP contribution is 2.59. The zero-order chi connectivity index (χ0) is 21.8. The lowest BCUT2D eigenvalue weighted by molar-refractivity contribution is -0.133. The lowest BCUT2D eigenvalue weighted by atomic mass is 9.72. The quantitative estimate of drug-likeness (QED) is 0.751. The van der Waals surface area contributed by atoms with Crippen LogP contribution in [0.4, 0.5) is 11.4 Å². The Kier molecular flexibility index (Phi) is 4.60. The van der Waals surface area contributed by atoms with Gasteiger partial charge in [-0.15, -0.1) is 5.10 Å². The first-order chi connectivity index (χ1) is 14.9. The number of amidine groups is 1. The Hall–Kier alpha value is -2.84. The molecular formula is C23H25N5O2S. The van der Waals surface area contributed by atoms with Crippen molar-refractivity contribution < 1.29 is 9.59 Å². The Bertz CT molecular complexity index is 1090. The summed E-state index contributed by atoms with van der Waals surface area (Å²) < 4.78 is -0.951. The number of hydrogen-bond donors (Lipinski definition) is 1. The third-order valence-corrected chi connectivity index (χ3v) is 8.24. The van der Waals surface area contributed by atoms with Gasteiger partial charge < -0.3 is 9.80 Å². The second-order valence-corrected chi connectivity index (χ2v) is 9.52. The molecule has 2 aromatic carbocycles. The van der Waals surface area contributed by atoms with Gasteiger partial charge in [-0.2, -0.15) is 0 Å². The summed E-state index contributed by atoms with van der Waals surface area (Å²) in [6, 6.07) is 17.5. The van der Waals surface area contributed by atoms with Crippen molar-refractivity contribution in [1.82, 2.24) is 9.80 Å². The minimum Gasteiger partial charge on any atom is -0.314 e. The summed E-state index contributed by atoms with van der Waals surface area (Å²) in [5.41, 5.74) is 4.78. The van der Waals surface area contributed by atoms with Crippen LogP contribution in [0.15, 0.2) is 59.7 Å². The van der Waals surface area contributed by atoms with Gasteiger partial charge in [0.2, 0.25) is 11.8 Å². The Morgan fingerprint density at radius 3 is 2.42 bits per heavy atom. The number of anilines is 2. The third kappa shape index (κ3) is 2.61. The Labute approximate surface area is 186 Å². The van der Waals surface area contributed by atoms with Crippen molar-refractivity contribution in [2.24, 2.45) is 5.10 Å². The van der Waals surface area contributed by atoms with Crippen LogP contribution in [0.25, 0.3) is 0 Å². The zero-order valence-corrected chi connectivity index (χ0v) is 18.6. The molecule has 2 spiro atoms. The van der Waals surface area contributed by atoms with Gasteiger partial charge in [0.25, 0.3) is 0 Å². The van der Waals surface area contributed by atoms with Crippen molar-refractivity contribution >= 4 is 40.1 Å². The van der Waals surface area contributed by atoms with E-state index < -0.39 is 10.2 Å². The van der Waals surface area contributed by atoms with Crippen LogP contribution in [-0.2, 0) is 15.0 Å².